The van der Waals surface area contributed by atoms with Gasteiger partial charge in [-0.15, -0.1) is 11.3 Å². The van der Waals surface area contributed by atoms with Crippen LogP contribution in [0.1, 0.15) is 27.9 Å². The van der Waals surface area contributed by atoms with E-state index in [1.807, 2.05) is 24.3 Å². The van der Waals surface area contributed by atoms with Crippen molar-refractivity contribution in [2.24, 2.45) is 0 Å². The topological polar surface area (TPSA) is 66.4 Å². The largest absolute Gasteiger partial charge is 0.478 e. The molecule has 0 aliphatic carbocycles. The molecule has 0 saturated carbocycles. The Morgan fingerprint density at radius 3 is 2.54 bits per heavy atom. The predicted molar refractivity (Wildman–Crippen MR) is 113 cm³/mol. The van der Waals surface area contributed by atoms with Gasteiger partial charge in [0, 0.05) is 21.8 Å². The highest BCUT2D eigenvalue weighted by Crippen LogP contribution is 2.36. The Morgan fingerprint density at radius 2 is 1.89 bits per heavy atom. The average Bonchev–Trinajstić information content (AvgIpc) is 3.07. The number of carbonyl (C=O) groups is 2. The third-order valence-electron chi connectivity index (χ3n) is 4.29. The third-order valence-corrected chi connectivity index (χ3v) is 5.71. The summed E-state index contributed by atoms with van der Waals surface area (Å²) in [5.74, 6) is -1.72. The Bertz CT molecular complexity index is 1030. The smallest absolute Gasteiger partial charge is 0.339 e. The number of nitrogens with one attached hydrogen (secondary N) is 1. The molecule has 0 spiro atoms. The van der Waals surface area contributed by atoms with E-state index >= 15 is 0 Å². The van der Waals surface area contributed by atoms with Crippen LogP contribution in [0.4, 0.5) is 9.39 Å². The fraction of sp³-hybridized carbons (Fsp3) is 0.143. The number of carboxylic acid groups (broad SMARTS) is 1. The van der Waals surface area contributed by atoms with Gasteiger partial charge in [0.15, 0.2) is 0 Å². The van der Waals surface area contributed by atoms with Crippen LogP contribution in [-0.2, 0) is 11.2 Å². The first kappa shape index (κ1) is 20.2. The first-order valence-corrected chi connectivity index (χ1v) is 10.2. The molecule has 0 unspecified atom stereocenters. The van der Waals surface area contributed by atoms with E-state index in [1.165, 1.54) is 17.4 Å². The fourth-order valence-corrected chi connectivity index (χ4v) is 3.98. The SMILES string of the molecule is Cc1ccc(CCC(=O)Nc2scc(-c3ccc(Br)cc3)c2C(=O)O)cc1F. The van der Waals surface area contributed by atoms with E-state index in [-0.39, 0.29) is 23.7 Å². The van der Waals surface area contributed by atoms with E-state index < -0.39 is 5.97 Å². The molecular formula is C21H17BrFNO3S. The number of carbonyl (C=O) groups excluding carboxylic acids is 1. The molecule has 144 valence electrons. The lowest BCUT2D eigenvalue weighted by Gasteiger charge is -2.07. The van der Waals surface area contributed by atoms with Crippen LogP contribution in [0.5, 0.6) is 0 Å². The highest BCUT2D eigenvalue weighted by Gasteiger charge is 2.21. The molecule has 3 rings (SSSR count). The van der Waals surface area contributed by atoms with Crippen molar-refractivity contribution in [3.05, 3.63) is 74.8 Å². The van der Waals surface area contributed by atoms with Crippen LogP contribution >= 0.6 is 27.3 Å². The van der Waals surface area contributed by atoms with Gasteiger partial charge in [0.05, 0.1) is 0 Å². The Morgan fingerprint density at radius 1 is 1.18 bits per heavy atom. The summed E-state index contributed by atoms with van der Waals surface area (Å²) < 4.78 is 14.5. The van der Waals surface area contributed by atoms with Crippen molar-refractivity contribution in [1.82, 2.24) is 0 Å². The van der Waals surface area contributed by atoms with Crippen LogP contribution in [0, 0.1) is 12.7 Å². The number of aromatic carboxylic acids is 1. The van der Waals surface area contributed by atoms with Crippen molar-refractivity contribution in [1.29, 1.82) is 0 Å². The lowest BCUT2D eigenvalue weighted by molar-refractivity contribution is -0.116. The summed E-state index contributed by atoms with van der Waals surface area (Å²) in [4.78, 5) is 24.1. The van der Waals surface area contributed by atoms with E-state index in [0.29, 0.717) is 22.5 Å². The average molecular weight is 462 g/mol. The number of halogens is 2. The minimum atomic E-state index is -1.10. The van der Waals surface area contributed by atoms with Crippen LogP contribution in [-0.4, -0.2) is 17.0 Å². The number of thiophene rings is 1. The number of anilines is 1. The van der Waals surface area contributed by atoms with E-state index in [9.17, 15) is 19.1 Å². The molecule has 0 atom stereocenters. The molecule has 1 heterocycles. The van der Waals surface area contributed by atoms with Gasteiger partial charge in [-0.25, -0.2) is 9.18 Å². The standard InChI is InChI=1S/C21H17BrFNO3S/c1-12-2-3-13(10-17(12)23)4-9-18(25)24-20-19(21(26)27)16(11-28-20)14-5-7-15(22)8-6-14/h2-3,5-8,10-11H,4,9H2,1H3,(H,24,25)(H,26,27). The molecule has 2 N–H and O–H groups in total. The van der Waals surface area contributed by atoms with Crippen molar-refractivity contribution in [3.8, 4) is 11.1 Å². The zero-order valence-electron chi connectivity index (χ0n) is 15.0. The maximum Gasteiger partial charge on any atom is 0.339 e. The van der Waals surface area contributed by atoms with E-state index in [4.69, 9.17) is 0 Å². The van der Waals surface area contributed by atoms with Crippen molar-refractivity contribution >= 4 is 44.1 Å². The molecule has 1 amide bonds. The van der Waals surface area contributed by atoms with Crippen LogP contribution in [0.2, 0.25) is 0 Å². The zero-order chi connectivity index (χ0) is 20.3. The summed E-state index contributed by atoms with van der Waals surface area (Å²) in [6.45, 7) is 1.68. The first-order valence-electron chi connectivity index (χ1n) is 8.50. The number of rotatable bonds is 6. The molecule has 0 radical (unpaired) electrons. The van der Waals surface area contributed by atoms with Crippen LogP contribution < -0.4 is 5.32 Å². The predicted octanol–water partition coefficient (Wildman–Crippen LogP) is 5.89. The van der Waals surface area contributed by atoms with Crippen LogP contribution in [0.3, 0.4) is 0 Å². The minimum absolute atomic E-state index is 0.0713. The number of amides is 1. The quantitative estimate of drug-likeness (QED) is 0.480. The number of hydrogen-bond acceptors (Lipinski definition) is 3. The molecule has 2 aromatic carbocycles. The number of aryl methyl sites for hydroxylation is 2. The Hall–Kier alpha value is -2.51. The highest BCUT2D eigenvalue weighted by molar-refractivity contribution is 9.10. The summed E-state index contributed by atoms with van der Waals surface area (Å²) in [6.07, 6.45) is 0.503. The summed E-state index contributed by atoms with van der Waals surface area (Å²) in [7, 11) is 0. The zero-order valence-corrected chi connectivity index (χ0v) is 17.4. The van der Waals surface area contributed by atoms with Gasteiger partial charge >= 0.3 is 5.97 Å². The van der Waals surface area contributed by atoms with Gasteiger partial charge in [-0.2, -0.15) is 0 Å². The minimum Gasteiger partial charge on any atom is -0.478 e. The second kappa shape index (κ2) is 8.67. The number of benzene rings is 2. The Balaban J connectivity index is 1.74. The maximum absolute atomic E-state index is 13.6. The van der Waals surface area contributed by atoms with Crippen LogP contribution in [0.15, 0.2) is 52.3 Å². The second-order valence-corrected chi connectivity index (χ2v) is 8.09. The molecule has 0 aliphatic rings. The van der Waals surface area contributed by atoms with Gasteiger partial charge in [0.1, 0.15) is 16.4 Å². The monoisotopic (exact) mass is 461 g/mol. The third kappa shape index (κ3) is 4.66. The second-order valence-electron chi connectivity index (χ2n) is 6.30. The van der Waals surface area contributed by atoms with Gasteiger partial charge in [0.25, 0.3) is 0 Å². The van der Waals surface area contributed by atoms with Gasteiger partial charge in [-0.05, 0) is 48.2 Å². The molecule has 0 saturated heterocycles. The molecule has 4 nitrogen and oxygen atoms in total. The molecule has 7 heteroatoms. The summed E-state index contributed by atoms with van der Waals surface area (Å²) >= 11 is 4.53. The summed E-state index contributed by atoms with van der Waals surface area (Å²) in [5.41, 5.74) is 2.66. The summed E-state index contributed by atoms with van der Waals surface area (Å²) in [6, 6.07) is 12.2. The molecule has 0 fully saturated rings. The molecule has 28 heavy (non-hydrogen) atoms. The molecule has 1 aromatic heterocycles. The Labute approximate surface area is 174 Å². The molecular weight excluding hydrogens is 445 g/mol. The molecule has 0 bridgehead atoms. The normalized spacial score (nSPS) is 10.7. The van der Waals surface area contributed by atoms with E-state index in [1.54, 1.807) is 24.4 Å². The lowest BCUT2D eigenvalue weighted by Crippen LogP contribution is -2.14. The van der Waals surface area contributed by atoms with Gasteiger partial charge in [0.2, 0.25) is 5.91 Å². The summed E-state index contributed by atoms with van der Waals surface area (Å²) in [5, 5.41) is 14.3. The first-order chi connectivity index (χ1) is 13.3. The Kier molecular flexibility index (Phi) is 6.26. The van der Waals surface area contributed by atoms with Crippen molar-refractivity contribution in [2.75, 3.05) is 5.32 Å². The van der Waals surface area contributed by atoms with Gasteiger partial charge in [-0.3, -0.25) is 4.79 Å². The lowest BCUT2D eigenvalue weighted by atomic mass is 10.0. The molecule has 3 aromatic rings. The number of carboxylic acids is 1. The highest BCUT2D eigenvalue weighted by atomic mass is 79.9. The van der Waals surface area contributed by atoms with Gasteiger partial charge in [-0.1, -0.05) is 40.2 Å². The van der Waals surface area contributed by atoms with Crippen molar-refractivity contribution in [3.63, 3.8) is 0 Å². The van der Waals surface area contributed by atoms with E-state index in [0.717, 1.165) is 15.6 Å². The molecule has 0 aliphatic heterocycles. The van der Waals surface area contributed by atoms with Crippen molar-refractivity contribution in [2.45, 2.75) is 19.8 Å². The number of hydrogen-bond donors (Lipinski definition) is 2. The fourth-order valence-electron chi connectivity index (χ4n) is 2.74. The maximum atomic E-state index is 13.6. The van der Waals surface area contributed by atoms with Crippen LogP contribution in [0.25, 0.3) is 11.1 Å². The van der Waals surface area contributed by atoms with Crippen molar-refractivity contribution < 1.29 is 19.1 Å². The van der Waals surface area contributed by atoms with Gasteiger partial charge < -0.3 is 10.4 Å². The van der Waals surface area contributed by atoms with E-state index in [2.05, 4.69) is 21.2 Å².